The molecule has 1 aliphatic heterocycles. The quantitative estimate of drug-likeness (QED) is 0.904. The summed E-state index contributed by atoms with van der Waals surface area (Å²) in [5.74, 6) is 1.85. The lowest BCUT2D eigenvalue weighted by atomic mass is 10.1. The molecule has 1 unspecified atom stereocenters. The van der Waals surface area contributed by atoms with Gasteiger partial charge in [0.1, 0.15) is 0 Å². The van der Waals surface area contributed by atoms with E-state index >= 15 is 0 Å². The van der Waals surface area contributed by atoms with Crippen molar-refractivity contribution in [1.29, 1.82) is 0 Å². The highest BCUT2D eigenvalue weighted by molar-refractivity contribution is 8.14. The van der Waals surface area contributed by atoms with Crippen molar-refractivity contribution in [3.8, 4) is 0 Å². The highest BCUT2D eigenvalue weighted by atomic mass is 35.5. The third-order valence-corrected chi connectivity index (χ3v) is 4.31. The molecule has 1 aliphatic rings. The van der Waals surface area contributed by atoms with Crippen LogP contribution in [0.3, 0.4) is 0 Å². The molecule has 0 aromatic heterocycles. The van der Waals surface area contributed by atoms with Crippen LogP contribution in [0, 0.1) is 5.92 Å². The van der Waals surface area contributed by atoms with Crippen molar-refractivity contribution in [2.45, 2.75) is 32.9 Å². The molecule has 0 spiro atoms. The van der Waals surface area contributed by atoms with Crippen LogP contribution < -0.4 is 5.32 Å². The number of aliphatic imine (C=N–C) groups is 1. The molecule has 1 aromatic rings. The zero-order chi connectivity index (χ0) is 13.0. The summed E-state index contributed by atoms with van der Waals surface area (Å²) in [6, 6.07) is 8.45. The molecule has 0 bridgehead atoms. The van der Waals surface area contributed by atoms with Crippen LogP contribution in [0.15, 0.2) is 29.3 Å². The molecule has 1 heterocycles. The topological polar surface area (TPSA) is 24.4 Å². The molecule has 1 atom stereocenters. The smallest absolute Gasteiger partial charge is 0.157 e. The number of rotatable bonds is 4. The van der Waals surface area contributed by atoms with Crippen LogP contribution in [0.5, 0.6) is 0 Å². The number of thioether (sulfide) groups is 1. The van der Waals surface area contributed by atoms with Crippen molar-refractivity contribution in [3.05, 3.63) is 34.9 Å². The molecule has 2 nitrogen and oxygen atoms in total. The molecule has 0 amide bonds. The minimum atomic E-state index is 0.569. The fourth-order valence-electron chi connectivity index (χ4n) is 2.01. The maximum Gasteiger partial charge on any atom is 0.157 e. The number of hydrogen-bond donors (Lipinski definition) is 1. The second kappa shape index (κ2) is 6.48. The summed E-state index contributed by atoms with van der Waals surface area (Å²) in [6.45, 7) is 5.17. The van der Waals surface area contributed by atoms with E-state index in [1.807, 2.05) is 36.0 Å². The summed E-state index contributed by atoms with van der Waals surface area (Å²) in [7, 11) is 0. The summed E-state index contributed by atoms with van der Waals surface area (Å²) in [5, 5.41) is 5.33. The Bertz CT molecular complexity index is 432. The molecule has 0 radical (unpaired) electrons. The van der Waals surface area contributed by atoms with E-state index in [-0.39, 0.29) is 0 Å². The highest BCUT2D eigenvalue weighted by Gasteiger charge is 2.20. The average Bonchev–Trinajstić information content (AvgIpc) is 2.75. The largest absolute Gasteiger partial charge is 0.361 e. The molecular formula is C14H19ClN2S. The highest BCUT2D eigenvalue weighted by Crippen LogP contribution is 2.21. The van der Waals surface area contributed by atoms with Crippen molar-refractivity contribution < 1.29 is 0 Å². The Morgan fingerprint density at radius 1 is 1.44 bits per heavy atom. The van der Waals surface area contributed by atoms with Gasteiger partial charge in [-0.15, -0.1) is 0 Å². The molecular weight excluding hydrogens is 264 g/mol. The molecule has 1 N–H and O–H groups in total. The van der Waals surface area contributed by atoms with Gasteiger partial charge in [0.2, 0.25) is 0 Å². The Morgan fingerprint density at radius 2 is 2.22 bits per heavy atom. The third-order valence-electron chi connectivity index (χ3n) is 2.86. The van der Waals surface area contributed by atoms with Gasteiger partial charge in [0.05, 0.1) is 6.54 Å². The van der Waals surface area contributed by atoms with E-state index in [0.717, 1.165) is 27.4 Å². The van der Waals surface area contributed by atoms with Crippen molar-refractivity contribution in [3.63, 3.8) is 0 Å². The van der Waals surface area contributed by atoms with Crippen LogP contribution >= 0.6 is 23.4 Å². The minimum Gasteiger partial charge on any atom is -0.361 e. The maximum atomic E-state index is 6.11. The molecule has 1 saturated heterocycles. The maximum absolute atomic E-state index is 6.11. The number of hydrogen-bond acceptors (Lipinski definition) is 2. The zero-order valence-corrected chi connectivity index (χ0v) is 12.4. The van der Waals surface area contributed by atoms with E-state index < -0.39 is 0 Å². The number of nitrogens with zero attached hydrogens (tertiary/aromatic N) is 1. The Morgan fingerprint density at radius 3 is 2.94 bits per heavy atom. The van der Waals surface area contributed by atoms with Gasteiger partial charge in [-0.25, -0.2) is 0 Å². The van der Waals surface area contributed by atoms with E-state index in [0.29, 0.717) is 12.6 Å². The van der Waals surface area contributed by atoms with Gasteiger partial charge in [-0.3, -0.25) is 4.99 Å². The van der Waals surface area contributed by atoms with E-state index in [4.69, 9.17) is 11.6 Å². The number of halogens is 1. The lowest BCUT2D eigenvalue weighted by Gasteiger charge is -2.11. The normalized spacial score (nSPS) is 21.6. The first kappa shape index (κ1) is 13.8. The van der Waals surface area contributed by atoms with Gasteiger partial charge in [0.25, 0.3) is 0 Å². The van der Waals surface area contributed by atoms with Gasteiger partial charge in [-0.1, -0.05) is 55.4 Å². The van der Waals surface area contributed by atoms with Crippen molar-refractivity contribution >= 4 is 28.5 Å². The molecule has 0 saturated carbocycles. The van der Waals surface area contributed by atoms with Crippen molar-refractivity contribution in [1.82, 2.24) is 5.32 Å². The average molecular weight is 283 g/mol. The van der Waals surface area contributed by atoms with Crippen LogP contribution in [0.4, 0.5) is 0 Å². The fraction of sp³-hybridized carbons (Fsp3) is 0.500. The Labute approximate surface area is 118 Å². The summed E-state index contributed by atoms with van der Waals surface area (Å²) >= 11 is 7.92. The van der Waals surface area contributed by atoms with Crippen LogP contribution in [0.1, 0.15) is 25.8 Å². The van der Waals surface area contributed by atoms with E-state index in [1.165, 1.54) is 6.42 Å². The Balaban J connectivity index is 1.90. The zero-order valence-electron chi connectivity index (χ0n) is 10.8. The monoisotopic (exact) mass is 282 g/mol. The summed E-state index contributed by atoms with van der Waals surface area (Å²) < 4.78 is 0. The fourth-order valence-corrected chi connectivity index (χ4v) is 3.19. The molecule has 98 valence electrons. The van der Waals surface area contributed by atoms with E-state index in [2.05, 4.69) is 24.2 Å². The summed E-state index contributed by atoms with van der Waals surface area (Å²) in [4.78, 5) is 4.60. The summed E-state index contributed by atoms with van der Waals surface area (Å²) in [5.41, 5.74) is 1.08. The lowest BCUT2D eigenvalue weighted by Crippen LogP contribution is -2.28. The van der Waals surface area contributed by atoms with E-state index in [9.17, 15) is 0 Å². The first-order valence-electron chi connectivity index (χ1n) is 6.32. The van der Waals surface area contributed by atoms with Gasteiger partial charge in [-0.2, -0.15) is 0 Å². The molecule has 18 heavy (non-hydrogen) atoms. The first-order valence-corrected chi connectivity index (χ1v) is 7.68. The van der Waals surface area contributed by atoms with Crippen LogP contribution in [0.25, 0.3) is 0 Å². The standard InChI is InChI=1S/C14H19ClN2S/c1-10(2)7-12-9-18-14(17-12)16-8-11-5-3-4-6-13(11)15/h3-6,10,12H,7-9H2,1-2H3,(H,16,17). The van der Waals surface area contributed by atoms with Crippen LogP contribution in [0.2, 0.25) is 5.02 Å². The second-order valence-corrected chi connectivity index (χ2v) is 6.41. The van der Waals surface area contributed by atoms with Crippen molar-refractivity contribution in [2.24, 2.45) is 10.9 Å². The predicted octanol–water partition coefficient (Wildman–Crippen LogP) is 3.95. The van der Waals surface area contributed by atoms with Gasteiger partial charge < -0.3 is 5.32 Å². The minimum absolute atomic E-state index is 0.569. The first-order chi connectivity index (χ1) is 8.65. The second-order valence-electron chi connectivity index (χ2n) is 4.99. The number of amidine groups is 1. The van der Waals surface area contributed by atoms with Crippen LogP contribution in [-0.2, 0) is 6.54 Å². The van der Waals surface area contributed by atoms with Gasteiger partial charge in [0, 0.05) is 16.8 Å². The predicted molar refractivity (Wildman–Crippen MR) is 81.4 cm³/mol. The molecule has 4 heteroatoms. The van der Waals surface area contributed by atoms with Gasteiger partial charge in [-0.05, 0) is 24.0 Å². The number of benzene rings is 1. The number of nitrogens with one attached hydrogen (secondary N) is 1. The SMILES string of the molecule is CC(C)CC1CSC(=NCc2ccccc2Cl)N1. The van der Waals surface area contributed by atoms with Gasteiger partial charge in [0.15, 0.2) is 5.17 Å². The molecule has 0 aliphatic carbocycles. The Hall–Kier alpha value is -0.670. The molecule has 1 aromatic carbocycles. The van der Waals surface area contributed by atoms with E-state index in [1.54, 1.807) is 0 Å². The third kappa shape index (κ3) is 3.92. The Kier molecular flexibility index (Phi) is 4.95. The van der Waals surface area contributed by atoms with Gasteiger partial charge >= 0.3 is 0 Å². The molecule has 2 rings (SSSR count). The van der Waals surface area contributed by atoms with Crippen molar-refractivity contribution in [2.75, 3.05) is 5.75 Å². The molecule has 1 fully saturated rings. The lowest BCUT2D eigenvalue weighted by molar-refractivity contribution is 0.502. The summed E-state index contributed by atoms with van der Waals surface area (Å²) in [6.07, 6.45) is 1.21. The van der Waals surface area contributed by atoms with Crippen LogP contribution in [-0.4, -0.2) is 17.0 Å².